The summed E-state index contributed by atoms with van der Waals surface area (Å²) in [5.74, 6) is 0.523. The number of carbonyl (C=O) groups excluding carboxylic acids is 1. The average molecular weight is 250 g/mol. The summed E-state index contributed by atoms with van der Waals surface area (Å²) >= 11 is 0. The van der Waals surface area contributed by atoms with Gasteiger partial charge >= 0.3 is 0 Å². The SMILES string of the molecule is COc1ccc(CNC(=O)C2COCC2N)cc1. The second-order valence-corrected chi connectivity index (χ2v) is 4.37. The van der Waals surface area contributed by atoms with Crippen molar-refractivity contribution in [3.05, 3.63) is 29.8 Å². The summed E-state index contributed by atoms with van der Waals surface area (Å²) in [6.07, 6.45) is 0. The Labute approximate surface area is 106 Å². The van der Waals surface area contributed by atoms with Gasteiger partial charge in [-0.1, -0.05) is 12.1 Å². The molecule has 5 heteroatoms. The number of benzene rings is 1. The highest BCUT2D eigenvalue weighted by Crippen LogP contribution is 2.13. The molecule has 0 spiro atoms. The molecule has 5 nitrogen and oxygen atoms in total. The Balaban J connectivity index is 1.85. The predicted octanol–water partition coefficient (Wildman–Crippen LogP) is 0.285. The van der Waals surface area contributed by atoms with Crippen molar-refractivity contribution >= 4 is 5.91 Å². The highest BCUT2D eigenvalue weighted by atomic mass is 16.5. The molecule has 0 aromatic heterocycles. The smallest absolute Gasteiger partial charge is 0.227 e. The molecule has 0 radical (unpaired) electrons. The van der Waals surface area contributed by atoms with Gasteiger partial charge in [0.2, 0.25) is 5.91 Å². The van der Waals surface area contributed by atoms with Crippen molar-refractivity contribution in [2.75, 3.05) is 20.3 Å². The molecule has 1 aliphatic heterocycles. The fourth-order valence-electron chi connectivity index (χ4n) is 1.90. The zero-order valence-electron chi connectivity index (χ0n) is 10.4. The Kier molecular flexibility index (Phi) is 4.17. The second kappa shape index (κ2) is 5.84. The molecule has 1 aliphatic rings. The van der Waals surface area contributed by atoms with Crippen LogP contribution in [0.2, 0.25) is 0 Å². The summed E-state index contributed by atoms with van der Waals surface area (Å²) in [5, 5.41) is 2.87. The monoisotopic (exact) mass is 250 g/mol. The zero-order valence-corrected chi connectivity index (χ0v) is 10.4. The van der Waals surface area contributed by atoms with Crippen molar-refractivity contribution in [2.24, 2.45) is 11.7 Å². The number of nitrogens with one attached hydrogen (secondary N) is 1. The van der Waals surface area contributed by atoms with Crippen molar-refractivity contribution in [1.82, 2.24) is 5.32 Å². The molecule has 2 rings (SSSR count). The first kappa shape index (κ1) is 12.9. The predicted molar refractivity (Wildman–Crippen MR) is 67.1 cm³/mol. The lowest BCUT2D eigenvalue weighted by molar-refractivity contribution is -0.125. The van der Waals surface area contributed by atoms with Crippen LogP contribution in [0.25, 0.3) is 0 Å². The van der Waals surface area contributed by atoms with Gasteiger partial charge in [-0.25, -0.2) is 0 Å². The summed E-state index contributed by atoms with van der Waals surface area (Å²) in [6, 6.07) is 7.38. The van der Waals surface area contributed by atoms with E-state index in [2.05, 4.69) is 5.32 Å². The molecular weight excluding hydrogens is 232 g/mol. The summed E-state index contributed by atoms with van der Waals surface area (Å²) in [4.78, 5) is 11.9. The Morgan fingerprint density at radius 2 is 2.17 bits per heavy atom. The quantitative estimate of drug-likeness (QED) is 0.805. The van der Waals surface area contributed by atoms with E-state index in [0.717, 1.165) is 11.3 Å². The molecule has 1 fully saturated rings. The van der Waals surface area contributed by atoms with Gasteiger partial charge in [-0.15, -0.1) is 0 Å². The first-order valence-corrected chi connectivity index (χ1v) is 5.94. The van der Waals surface area contributed by atoms with Gasteiger partial charge in [-0.3, -0.25) is 4.79 Å². The molecule has 98 valence electrons. The van der Waals surface area contributed by atoms with Crippen molar-refractivity contribution in [2.45, 2.75) is 12.6 Å². The number of hydrogen-bond acceptors (Lipinski definition) is 4. The van der Waals surface area contributed by atoms with Gasteiger partial charge in [-0.05, 0) is 17.7 Å². The number of rotatable bonds is 4. The van der Waals surface area contributed by atoms with Gasteiger partial charge in [0, 0.05) is 12.6 Å². The van der Waals surface area contributed by atoms with Crippen molar-refractivity contribution < 1.29 is 14.3 Å². The van der Waals surface area contributed by atoms with Gasteiger partial charge < -0.3 is 20.5 Å². The maximum atomic E-state index is 11.9. The van der Waals surface area contributed by atoms with Crippen LogP contribution in [0.5, 0.6) is 5.75 Å². The molecule has 2 atom stereocenters. The fraction of sp³-hybridized carbons (Fsp3) is 0.462. The molecule has 0 saturated carbocycles. The molecular formula is C13H18N2O3. The third-order valence-corrected chi connectivity index (χ3v) is 3.09. The minimum Gasteiger partial charge on any atom is -0.497 e. The first-order valence-electron chi connectivity index (χ1n) is 5.94. The number of methoxy groups -OCH3 is 1. The summed E-state index contributed by atoms with van der Waals surface area (Å²) in [6.45, 7) is 1.36. The number of ether oxygens (including phenoxy) is 2. The van der Waals surface area contributed by atoms with Crippen LogP contribution in [0, 0.1) is 5.92 Å². The van der Waals surface area contributed by atoms with E-state index in [1.54, 1.807) is 7.11 Å². The third-order valence-electron chi connectivity index (χ3n) is 3.09. The largest absolute Gasteiger partial charge is 0.497 e. The van der Waals surface area contributed by atoms with Crippen molar-refractivity contribution in [3.8, 4) is 5.75 Å². The van der Waals surface area contributed by atoms with Gasteiger partial charge in [-0.2, -0.15) is 0 Å². The van der Waals surface area contributed by atoms with E-state index in [0.29, 0.717) is 19.8 Å². The van der Waals surface area contributed by atoms with E-state index in [-0.39, 0.29) is 17.9 Å². The third kappa shape index (κ3) is 3.00. The first-order chi connectivity index (χ1) is 8.70. The number of hydrogen-bond donors (Lipinski definition) is 2. The minimum atomic E-state index is -0.233. The van der Waals surface area contributed by atoms with Crippen LogP contribution >= 0.6 is 0 Å². The van der Waals surface area contributed by atoms with Crippen LogP contribution in [-0.2, 0) is 16.1 Å². The van der Waals surface area contributed by atoms with Crippen molar-refractivity contribution in [1.29, 1.82) is 0 Å². The van der Waals surface area contributed by atoms with Crippen molar-refractivity contribution in [3.63, 3.8) is 0 Å². The standard InChI is InChI=1S/C13H18N2O3/c1-17-10-4-2-9(3-5-10)6-15-13(16)11-7-18-8-12(11)14/h2-5,11-12H,6-8,14H2,1H3,(H,15,16). The van der Waals surface area contributed by atoms with Gasteiger partial charge in [0.15, 0.2) is 0 Å². The van der Waals surface area contributed by atoms with E-state index >= 15 is 0 Å². The van der Waals surface area contributed by atoms with Crippen LogP contribution in [0.1, 0.15) is 5.56 Å². The van der Waals surface area contributed by atoms with E-state index in [9.17, 15) is 4.79 Å². The van der Waals surface area contributed by atoms with E-state index in [4.69, 9.17) is 15.2 Å². The summed E-state index contributed by atoms with van der Waals surface area (Å²) < 4.78 is 10.2. The molecule has 1 heterocycles. The topological polar surface area (TPSA) is 73.6 Å². The van der Waals surface area contributed by atoms with E-state index in [1.807, 2.05) is 24.3 Å². The molecule has 0 aliphatic carbocycles. The molecule has 0 bridgehead atoms. The molecule has 3 N–H and O–H groups in total. The lowest BCUT2D eigenvalue weighted by Gasteiger charge is -2.13. The van der Waals surface area contributed by atoms with Crippen LogP contribution in [0.15, 0.2) is 24.3 Å². The second-order valence-electron chi connectivity index (χ2n) is 4.37. The minimum absolute atomic E-state index is 0.0455. The molecule has 1 amide bonds. The Morgan fingerprint density at radius 1 is 1.44 bits per heavy atom. The Morgan fingerprint density at radius 3 is 2.72 bits per heavy atom. The highest BCUT2D eigenvalue weighted by Gasteiger charge is 2.30. The Hall–Kier alpha value is -1.59. The van der Waals surface area contributed by atoms with E-state index < -0.39 is 0 Å². The molecule has 2 unspecified atom stereocenters. The number of nitrogens with two attached hydrogens (primary N) is 1. The fourth-order valence-corrected chi connectivity index (χ4v) is 1.90. The Bertz CT molecular complexity index is 405. The zero-order chi connectivity index (χ0) is 13.0. The molecule has 1 aromatic rings. The lowest BCUT2D eigenvalue weighted by atomic mass is 10.0. The van der Waals surface area contributed by atoms with Crippen LogP contribution in [0.4, 0.5) is 0 Å². The molecule has 18 heavy (non-hydrogen) atoms. The maximum Gasteiger partial charge on any atom is 0.227 e. The summed E-state index contributed by atoms with van der Waals surface area (Å²) in [5.41, 5.74) is 6.81. The van der Waals surface area contributed by atoms with Crippen LogP contribution in [-0.4, -0.2) is 32.3 Å². The van der Waals surface area contributed by atoms with Crippen LogP contribution < -0.4 is 15.8 Å². The highest BCUT2D eigenvalue weighted by molar-refractivity contribution is 5.79. The molecule has 1 aromatic carbocycles. The maximum absolute atomic E-state index is 11.9. The van der Waals surface area contributed by atoms with Gasteiger partial charge in [0.05, 0.1) is 26.2 Å². The number of carbonyl (C=O) groups is 1. The van der Waals surface area contributed by atoms with Gasteiger partial charge in [0.1, 0.15) is 5.75 Å². The normalized spacial score (nSPS) is 22.8. The van der Waals surface area contributed by atoms with E-state index in [1.165, 1.54) is 0 Å². The number of amides is 1. The van der Waals surface area contributed by atoms with Crippen LogP contribution in [0.3, 0.4) is 0 Å². The molecule has 1 saturated heterocycles. The summed E-state index contributed by atoms with van der Waals surface area (Å²) in [7, 11) is 1.62. The lowest BCUT2D eigenvalue weighted by Crippen LogP contribution is -2.40. The van der Waals surface area contributed by atoms with Gasteiger partial charge in [0.25, 0.3) is 0 Å². The average Bonchev–Trinajstić information content (AvgIpc) is 2.83.